The van der Waals surface area contributed by atoms with Crippen LogP contribution >= 0.6 is 0 Å². The molecule has 0 saturated heterocycles. The van der Waals surface area contributed by atoms with Gasteiger partial charge in [0.1, 0.15) is 0 Å². The van der Waals surface area contributed by atoms with Crippen LogP contribution in [0.15, 0.2) is 48.6 Å². The van der Waals surface area contributed by atoms with Gasteiger partial charge in [0.25, 0.3) is 0 Å². The number of amides is 1. The topological polar surface area (TPSA) is 95.9 Å². The second-order valence-electron chi connectivity index (χ2n) is 15.7. The highest BCUT2D eigenvalue weighted by Crippen LogP contribution is 2.13. The van der Waals surface area contributed by atoms with Crippen LogP contribution in [0.4, 0.5) is 0 Å². The second-order valence-corrected chi connectivity index (χ2v) is 15.7. The molecule has 0 aliphatic carbocycles. The molecule has 0 spiro atoms. The van der Waals surface area contributed by atoms with Crippen molar-refractivity contribution >= 4 is 11.9 Å². The molecule has 3 N–H and O–H groups in total. The molecule has 0 aromatic heterocycles. The molecule has 6 heteroatoms. The standard InChI is InChI=1S/C49H89NO5/c1-3-5-7-9-11-13-15-16-17-18-23-27-31-35-39-43-49(54)55-44-40-36-32-28-24-20-19-22-26-30-34-38-42-48(53)50-46(45-51)47(52)41-37-33-29-25-21-14-12-10-8-6-4-2/h11,13,16-17,20,24,37,41,46-47,51-52H,3-10,12,14-15,18-19,21-23,25-36,38-40,42-45H2,1-2H3,(H,50,53)/b13-11-,17-16-,24-20-,41-37+. The molecule has 2 atom stereocenters. The molecule has 0 rings (SSSR count). The number of unbranched alkanes of at least 4 members (excludes halogenated alkanes) is 25. The first kappa shape index (κ1) is 52.8. The molecule has 320 valence electrons. The number of carbonyl (C=O) groups excluding carboxylic acids is 2. The summed E-state index contributed by atoms with van der Waals surface area (Å²) < 4.78 is 5.43. The van der Waals surface area contributed by atoms with E-state index in [0.717, 1.165) is 103 Å². The van der Waals surface area contributed by atoms with E-state index >= 15 is 0 Å². The van der Waals surface area contributed by atoms with E-state index in [9.17, 15) is 19.8 Å². The second kappa shape index (κ2) is 44.5. The summed E-state index contributed by atoms with van der Waals surface area (Å²) in [5.41, 5.74) is 0. The molecular formula is C49H89NO5. The maximum atomic E-state index is 12.4. The number of ether oxygens (including phenoxy) is 1. The number of carbonyl (C=O) groups is 2. The van der Waals surface area contributed by atoms with Crippen molar-refractivity contribution in [3.05, 3.63) is 48.6 Å². The van der Waals surface area contributed by atoms with Gasteiger partial charge >= 0.3 is 5.97 Å². The van der Waals surface area contributed by atoms with Crippen molar-refractivity contribution in [1.29, 1.82) is 0 Å². The van der Waals surface area contributed by atoms with Crippen molar-refractivity contribution in [1.82, 2.24) is 5.32 Å². The quantitative estimate of drug-likeness (QED) is 0.0326. The van der Waals surface area contributed by atoms with Gasteiger partial charge in [-0.15, -0.1) is 0 Å². The summed E-state index contributed by atoms with van der Waals surface area (Å²) >= 11 is 0. The Kier molecular flexibility index (Phi) is 42.8. The number of allylic oxidation sites excluding steroid dienone is 7. The molecule has 0 aromatic rings. The molecule has 0 saturated carbocycles. The van der Waals surface area contributed by atoms with Crippen molar-refractivity contribution in [3.8, 4) is 0 Å². The van der Waals surface area contributed by atoms with Gasteiger partial charge in [-0.25, -0.2) is 0 Å². The molecule has 6 nitrogen and oxygen atoms in total. The summed E-state index contributed by atoms with van der Waals surface area (Å²) in [7, 11) is 0. The van der Waals surface area contributed by atoms with Crippen LogP contribution in [0.5, 0.6) is 0 Å². The van der Waals surface area contributed by atoms with Crippen molar-refractivity contribution in [3.63, 3.8) is 0 Å². The Balaban J connectivity index is 3.56. The van der Waals surface area contributed by atoms with Crippen LogP contribution in [0.25, 0.3) is 0 Å². The monoisotopic (exact) mass is 772 g/mol. The highest BCUT2D eigenvalue weighted by atomic mass is 16.5. The molecule has 0 radical (unpaired) electrons. The van der Waals surface area contributed by atoms with Gasteiger partial charge in [-0.2, -0.15) is 0 Å². The summed E-state index contributed by atoms with van der Waals surface area (Å²) in [5.74, 6) is -0.138. The minimum Gasteiger partial charge on any atom is -0.466 e. The van der Waals surface area contributed by atoms with E-state index in [-0.39, 0.29) is 18.5 Å². The third-order valence-electron chi connectivity index (χ3n) is 10.3. The van der Waals surface area contributed by atoms with Crippen LogP contribution < -0.4 is 5.32 Å². The number of aliphatic hydroxyl groups is 2. The zero-order valence-corrected chi connectivity index (χ0v) is 36.1. The van der Waals surface area contributed by atoms with Crippen molar-refractivity contribution in [2.24, 2.45) is 0 Å². The van der Waals surface area contributed by atoms with E-state index in [1.165, 1.54) is 96.3 Å². The van der Waals surface area contributed by atoms with Gasteiger partial charge in [-0.1, -0.05) is 165 Å². The minimum atomic E-state index is -0.860. The maximum absolute atomic E-state index is 12.4. The van der Waals surface area contributed by atoms with E-state index < -0.39 is 12.1 Å². The summed E-state index contributed by atoms with van der Waals surface area (Å²) in [4.78, 5) is 24.4. The molecule has 2 unspecified atom stereocenters. The van der Waals surface area contributed by atoms with Gasteiger partial charge < -0.3 is 20.3 Å². The summed E-state index contributed by atoms with van der Waals surface area (Å²) in [5, 5.41) is 22.9. The third-order valence-corrected chi connectivity index (χ3v) is 10.3. The minimum absolute atomic E-state index is 0.0399. The van der Waals surface area contributed by atoms with Crippen molar-refractivity contribution in [2.45, 2.75) is 238 Å². The molecule has 55 heavy (non-hydrogen) atoms. The van der Waals surface area contributed by atoms with E-state index in [0.29, 0.717) is 19.4 Å². The van der Waals surface area contributed by atoms with E-state index in [1.807, 2.05) is 6.08 Å². The Hall–Kier alpha value is -2.18. The SMILES string of the molecule is CCCCC/C=C\C/C=C\CCCCCCCC(=O)OCCCCC/C=C\CCCCCCCC(=O)NC(CO)C(O)/C=C/CCCCCCCCCCC. The van der Waals surface area contributed by atoms with Crippen LogP contribution in [-0.4, -0.2) is 47.4 Å². The Labute approximate surface area is 340 Å². The van der Waals surface area contributed by atoms with Crippen LogP contribution in [-0.2, 0) is 14.3 Å². The fourth-order valence-electron chi connectivity index (χ4n) is 6.65. The summed E-state index contributed by atoms with van der Waals surface area (Å²) in [6.07, 6.45) is 53.8. The predicted molar refractivity (Wildman–Crippen MR) is 236 cm³/mol. The summed E-state index contributed by atoms with van der Waals surface area (Å²) in [6.45, 7) is 4.77. The van der Waals surface area contributed by atoms with Crippen LogP contribution in [0.2, 0.25) is 0 Å². The smallest absolute Gasteiger partial charge is 0.305 e. The Morgan fingerprint density at radius 3 is 1.44 bits per heavy atom. The molecule has 0 heterocycles. The number of nitrogens with one attached hydrogen (secondary N) is 1. The highest BCUT2D eigenvalue weighted by molar-refractivity contribution is 5.76. The van der Waals surface area contributed by atoms with Gasteiger partial charge in [0.2, 0.25) is 5.91 Å². The summed E-state index contributed by atoms with van der Waals surface area (Å²) in [6, 6.07) is -0.646. The lowest BCUT2D eigenvalue weighted by molar-refractivity contribution is -0.143. The predicted octanol–water partition coefficient (Wildman–Crippen LogP) is 13.5. The molecule has 0 aliphatic rings. The number of hydrogen-bond donors (Lipinski definition) is 3. The van der Waals surface area contributed by atoms with Crippen LogP contribution in [0.1, 0.15) is 226 Å². The first-order valence-corrected chi connectivity index (χ1v) is 23.4. The molecule has 0 aliphatic heterocycles. The lowest BCUT2D eigenvalue weighted by atomic mass is 10.1. The van der Waals surface area contributed by atoms with Crippen molar-refractivity contribution in [2.75, 3.05) is 13.2 Å². The lowest BCUT2D eigenvalue weighted by Gasteiger charge is -2.20. The molecular weight excluding hydrogens is 683 g/mol. The van der Waals surface area contributed by atoms with Crippen molar-refractivity contribution < 1.29 is 24.5 Å². The van der Waals surface area contributed by atoms with E-state index in [4.69, 9.17) is 4.74 Å². The van der Waals surface area contributed by atoms with Gasteiger partial charge in [-0.3, -0.25) is 9.59 Å². The van der Waals surface area contributed by atoms with Gasteiger partial charge in [-0.05, 0) is 96.3 Å². The van der Waals surface area contributed by atoms with Crippen LogP contribution in [0, 0.1) is 0 Å². The highest BCUT2D eigenvalue weighted by Gasteiger charge is 2.18. The zero-order valence-electron chi connectivity index (χ0n) is 36.1. The Morgan fingerprint density at radius 2 is 0.909 bits per heavy atom. The molecule has 0 fully saturated rings. The average Bonchev–Trinajstić information content (AvgIpc) is 3.18. The number of aliphatic hydroxyl groups excluding tert-OH is 2. The first-order valence-electron chi connectivity index (χ1n) is 23.4. The van der Waals surface area contributed by atoms with Crippen LogP contribution in [0.3, 0.4) is 0 Å². The number of rotatable bonds is 42. The zero-order chi connectivity index (χ0) is 40.1. The fraction of sp³-hybridized carbons (Fsp3) is 0.796. The van der Waals surface area contributed by atoms with Gasteiger partial charge in [0.05, 0.1) is 25.4 Å². The maximum Gasteiger partial charge on any atom is 0.305 e. The average molecular weight is 772 g/mol. The first-order chi connectivity index (χ1) is 27.0. The lowest BCUT2D eigenvalue weighted by Crippen LogP contribution is -2.45. The van der Waals surface area contributed by atoms with Gasteiger partial charge in [0.15, 0.2) is 0 Å². The third kappa shape index (κ3) is 41.3. The Bertz CT molecular complexity index is 942. The van der Waals surface area contributed by atoms with Gasteiger partial charge in [0, 0.05) is 12.8 Å². The Morgan fingerprint density at radius 1 is 0.509 bits per heavy atom. The largest absolute Gasteiger partial charge is 0.466 e. The van der Waals surface area contributed by atoms with E-state index in [1.54, 1.807) is 6.08 Å². The number of hydrogen-bond acceptors (Lipinski definition) is 5. The van der Waals surface area contributed by atoms with E-state index in [2.05, 4.69) is 55.6 Å². The normalized spacial score (nSPS) is 13.2. The molecule has 1 amide bonds. The molecule has 0 aromatic carbocycles. The number of esters is 1. The molecule has 0 bridgehead atoms. The fourth-order valence-corrected chi connectivity index (χ4v) is 6.65.